The number of guanidine groups is 1. The Balaban J connectivity index is 0.00000361. The second-order valence-corrected chi connectivity index (χ2v) is 5.02. The summed E-state index contributed by atoms with van der Waals surface area (Å²) in [5.74, 6) is 0.477. The van der Waals surface area contributed by atoms with Gasteiger partial charge in [-0.3, -0.25) is 4.99 Å². The normalized spacial score (nSPS) is 11.6. The molecular formula is C15H27IN4. The van der Waals surface area contributed by atoms with Crippen molar-refractivity contribution in [2.45, 2.75) is 33.2 Å². The van der Waals surface area contributed by atoms with Crippen molar-refractivity contribution in [2.24, 2.45) is 10.7 Å². The van der Waals surface area contributed by atoms with Gasteiger partial charge in [0.1, 0.15) is 0 Å². The number of hydrogen-bond acceptors (Lipinski definition) is 2. The number of anilines is 1. The maximum atomic E-state index is 5.88. The molecule has 0 aliphatic carbocycles. The summed E-state index contributed by atoms with van der Waals surface area (Å²) >= 11 is 0. The third kappa shape index (κ3) is 7.09. The molecule has 0 fully saturated rings. The molecule has 20 heavy (non-hydrogen) atoms. The average Bonchev–Trinajstić information content (AvgIpc) is 2.38. The number of nitrogens with one attached hydrogen (secondary N) is 1. The first-order valence-corrected chi connectivity index (χ1v) is 6.89. The molecule has 114 valence electrons. The van der Waals surface area contributed by atoms with Crippen LogP contribution < -0.4 is 11.1 Å². The summed E-state index contributed by atoms with van der Waals surface area (Å²) in [5, 5.41) is 3.13. The third-order valence-electron chi connectivity index (χ3n) is 3.22. The molecule has 0 atom stereocenters. The van der Waals surface area contributed by atoms with Crippen LogP contribution in [-0.4, -0.2) is 37.0 Å². The Morgan fingerprint density at radius 2 is 2.10 bits per heavy atom. The zero-order valence-corrected chi connectivity index (χ0v) is 15.2. The number of hydrogen-bond donors (Lipinski definition) is 2. The van der Waals surface area contributed by atoms with Crippen LogP contribution in [0, 0.1) is 0 Å². The van der Waals surface area contributed by atoms with Crippen LogP contribution in [0.3, 0.4) is 0 Å². The van der Waals surface area contributed by atoms with Crippen molar-refractivity contribution < 1.29 is 0 Å². The maximum absolute atomic E-state index is 5.88. The van der Waals surface area contributed by atoms with E-state index in [0.717, 1.165) is 18.7 Å². The van der Waals surface area contributed by atoms with Gasteiger partial charge in [0.2, 0.25) is 0 Å². The zero-order chi connectivity index (χ0) is 14.3. The van der Waals surface area contributed by atoms with Gasteiger partial charge in [-0.2, -0.15) is 0 Å². The summed E-state index contributed by atoms with van der Waals surface area (Å²) in [6, 6.07) is 8.77. The molecule has 0 aliphatic rings. The van der Waals surface area contributed by atoms with Gasteiger partial charge >= 0.3 is 0 Å². The van der Waals surface area contributed by atoms with Gasteiger partial charge < -0.3 is 16.0 Å². The number of likely N-dealkylation sites (N-methyl/N-ethyl adjacent to an activating group) is 1. The molecule has 1 aromatic rings. The van der Waals surface area contributed by atoms with Gasteiger partial charge in [0.15, 0.2) is 5.96 Å². The molecule has 0 saturated carbocycles. The molecule has 0 spiro atoms. The molecule has 0 bridgehead atoms. The summed E-state index contributed by atoms with van der Waals surface area (Å²) in [4.78, 5) is 6.58. The summed E-state index contributed by atoms with van der Waals surface area (Å²) in [7, 11) is 2.09. The lowest BCUT2D eigenvalue weighted by atomic mass is 10.1. The van der Waals surface area contributed by atoms with Crippen molar-refractivity contribution in [3.8, 4) is 0 Å². The van der Waals surface area contributed by atoms with Gasteiger partial charge in [0.25, 0.3) is 0 Å². The SMILES string of the molecule is CCc1cccc(NC(N)=NCCN(C)C(C)C)c1.I. The van der Waals surface area contributed by atoms with E-state index in [0.29, 0.717) is 18.5 Å². The fraction of sp³-hybridized carbons (Fsp3) is 0.533. The van der Waals surface area contributed by atoms with Crippen LogP contribution in [0.1, 0.15) is 26.3 Å². The van der Waals surface area contributed by atoms with E-state index < -0.39 is 0 Å². The van der Waals surface area contributed by atoms with Crippen LogP contribution in [0.2, 0.25) is 0 Å². The molecule has 0 unspecified atom stereocenters. The molecule has 0 aliphatic heterocycles. The second-order valence-electron chi connectivity index (χ2n) is 5.02. The Bertz CT molecular complexity index is 418. The first-order chi connectivity index (χ1) is 9.02. The molecule has 0 saturated heterocycles. The van der Waals surface area contributed by atoms with E-state index in [2.05, 4.69) is 55.2 Å². The topological polar surface area (TPSA) is 53.6 Å². The van der Waals surface area contributed by atoms with E-state index in [1.807, 2.05) is 12.1 Å². The van der Waals surface area contributed by atoms with Crippen LogP contribution in [0.5, 0.6) is 0 Å². The van der Waals surface area contributed by atoms with Gasteiger partial charge in [0, 0.05) is 18.3 Å². The van der Waals surface area contributed by atoms with Crippen LogP contribution in [-0.2, 0) is 6.42 Å². The van der Waals surface area contributed by atoms with Crippen molar-refractivity contribution in [2.75, 3.05) is 25.5 Å². The minimum atomic E-state index is 0. The van der Waals surface area contributed by atoms with Gasteiger partial charge in [0.05, 0.1) is 6.54 Å². The summed E-state index contributed by atoms with van der Waals surface area (Å²) in [6.45, 7) is 8.09. The van der Waals surface area contributed by atoms with E-state index in [1.165, 1.54) is 5.56 Å². The van der Waals surface area contributed by atoms with E-state index in [9.17, 15) is 0 Å². The van der Waals surface area contributed by atoms with Gasteiger partial charge in [-0.05, 0) is 45.0 Å². The Morgan fingerprint density at radius 1 is 1.40 bits per heavy atom. The number of halogens is 1. The number of rotatable bonds is 6. The lowest BCUT2D eigenvalue weighted by Gasteiger charge is -2.19. The predicted octanol–water partition coefficient (Wildman–Crippen LogP) is 2.93. The van der Waals surface area contributed by atoms with E-state index >= 15 is 0 Å². The monoisotopic (exact) mass is 390 g/mol. The first-order valence-electron chi connectivity index (χ1n) is 6.89. The van der Waals surface area contributed by atoms with E-state index in [1.54, 1.807) is 0 Å². The molecule has 0 heterocycles. The summed E-state index contributed by atoms with van der Waals surface area (Å²) in [5.41, 5.74) is 8.17. The van der Waals surface area contributed by atoms with Crippen molar-refractivity contribution in [1.29, 1.82) is 0 Å². The molecule has 5 heteroatoms. The lowest BCUT2D eigenvalue weighted by Crippen LogP contribution is -2.30. The Kier molecular flexibility index (Phi) is 9.58. The lowest BCUT2D eigenvalue weighted by molar-refractivity contribution is 0.282. The highest BCUT2D eigenvalue weighted by Gasteiger charge is 2.01. The zero-order valence-electron chi connectivity index (χ0n) is 12.9. The third-order valence-corrected chi connectivity index (χ3v) is 3.22. The number of benzene rings is 1. The summed E-state index contributed by atoms with van der Waals surface area (Å²) in [6.07, 6.45) is 1.02. The number of nitrogens with two attached hydrogens (primary N) is 1. The molecule has 0 aromatic heterocycles. The largest absolute Gasteiger partial charge is 0.370 e. The van der Waals surface area contributed by atoms with Gasteiger partial charge in [-0.15, -0.1) is 24.0 Å². The molecule has 1 aromatic carbocycles. The Morgan fingerprint density at radius 3 is 2.70 bits per heavy atom. The first kappa shape index (κ1) is 19.2. The van der Waals surface area contributed by atoms with Crippen molar-refractivity contribution in [1.82, 2.24) is 4.90 Å². The fourth-order valence-electron chi connectivity index (χ4n) is 1.64. The molecule has 0 radical (unpaired) electrons. The molecule has 0 amide bonds. The van der Waals surface area contributed by atoms with Crippen molar-refractivity contribution in [3.63, 3.8) is 0 Å². The highest BCUT2D eigenvalue weighted by atomic mass is 127. The van der Waals surface area contributed by atoms with Crippen molar-refractivity contribution >= 4 is 35.6 Å². The van der Waals surface area contributed by atoms with Crippen molar-refractivity contribution in [3.05, 3.63) is 29.8 Å². The number of aryl methyl sites for hydroxylation is 1. The standard InChI is InChI=1S/C15H26N4.HI/c1-5-13-7-6-8-14(11-13)18-15(16)17-9-10-19(4)12(2)3;/h6-8,11-12H,5,9-10H2,1-4H3,(H3,16,17,18);1H. The fourth-order valence-corrected chi connectivity index (χ4v) is 1.64. The molecule has 3 N–H and O–H groups in total. The Hall–Kier alpha value is -0.820. The summed E-state index contributed by atoms with van der Waals surface area (Å²) < 4.78 is 0. The molecular weight excluding hydrogens is 363 g/mol. The highest BCUT2D eigenvalue weighted by Crippen LogP contribution is 2.10. The maximum Gasteiger partial charge on any atom is 0.193 e. The van der Waals surface area contributed by atoms with Crippen LogP contribution in [0.4, 0.5) is 5.69 Å². The molecule has 1 rings (SSSR count). The number of aliphatic imine (C=N–C) groups is 1. The quantitative estimate of drug-likeness (QED) is 0.446. The van der Waals surface area contributed by atoms with Gasteiger partial charge in [-0.1, -0.05) is 19.1 Å². The Labute approximate surface area is 139 Å². The smallest absolute Gasteiger partial charge is 0.193 e. The van der Waals surface area contributed by atoms with Crippen LogP contribution >= 0.6 is 24.0 Å². The van der Waals surface area contributed by atoms with E-state index in [4.69, 9.17) is 5.73 Å². The predicted molar refractivity (Wildman–Crippen MR) is 99.1 cm³/mol. The molecule has 4 nitrogen and oxygen atoms in total. The minimum Gasteiger partial charge on any atom is -0.370 e. The average molecular weight is 390 g/mol. The number of nitrogens with zero attached hydrogens (tertiary/aromatic N) is 2. The highest BCUT2D eigenvalue weighted by molar-refractivity contribution is 14.0. The van der Waals surface area contributed by atoms with E-state index in [-0.39, 0.29) is 24.0 Å². The van der Waals surface area contributed by atoms with Gasteiger partial charge in [-0.25, -0.2) is 0 Å². The minimum absolute atomic E-state index is 0. The van der Waals surface area contributed by atoms with Crippen LogP contribution in [0.25, 0.3) is 0 Å². The van der Waals surface area contributed by atoms with Crippen LogP contribution in [0.15, 0.2) is 29.3 Å². The second kappa shape index (κ2) is 9.99.